The van der Waals surface area contributed by atoms with E-state index in [1.54, 1.807) is 11.9 Å². The van der Waals surface area contributed by atoms with Gasteiger partial charge in [-0.15, -0.1) is 0 Å². The lowest BCUT2D eigenvalue weighted by Gasteiger charge is -2.37. The molecule has 6 nitrogen and oxygen atoms in total. The second kappa shape index (κ2) is 6.32. The monoisotopic (exact) mass is 244 g/mol. The highest BCUT2D eigenvalue weighted by Gasteiger charge is 2.32. The average Bonchev–Trinajstić information content (AvgIpc) is 2.33. The fourth-order valence-corrected chi connectivity index (χ4v) is 1.66. The Morgan fingerprint density at radius 1 is 1.47 bits per heavy atom. The van der Waals surface area contributed by atoms with Crippen LogP contribution in [0.3, 0.4) is 0 Å². The van der Waals surface area contributed by atoms with Crippen LogP contribution in [0, 0.1) is 0 Å². The fourth-order valence-electron chi connectivity index (χ4n) is 1.66. The summed E-state index contributed by atoms with van der Waals surface area (Å²) in [6.07, 6.45) is 0.131. The summed E-state index contributed by atoms with van der Waals surface area (Å²) in [5, 5.41) is 0. The van der Waals surface area contributed by atoms with Crippen molar-refractivity contribution in [2.24, 2.45) is 0 Å². The highest BCUT2D eigenvalue weighted by Crippen LogP contribution is 2.15. The molecular formula is C11H20N2O4. The van der Waals surface area contributed by atoms with Gasteiger partial charge in [-0.1, -0.05) is 6.92 Å². The third-order valence-corrected chi connectivity index (χ3v) is 2.69. The van der Waals surface area contributed by atoms with E-state index in [0.717, 1.165) is 6.42 Å². The molecule has 6 heteroatoms. The fraction of sp³-hybridized carbons (Fsp3) is 0.818. The molecule has 0 saturated carbocycles. The van der Waals surface area contributed by atoms with Crippen LogP contribution in [0.1, 0.15) is 26.7 Å². The molecule has 1 unspecified atom stereocenters. The summed E-state index contributed by atoms with van der Waals surface area (Å²) in [7, 11) is 1.63. The van der Waals surface area contributed by atoms with Crippen LogP contribution in [0.4, 0.5) is 9.59 Å². The van der Waals surface area contributed by atoms with Gasteiger partial charge in [-0.3, -0.25) is 4.90 Å². The van der Waals surface area contributed by atoms with Gasteiger partial charge in [0.1, 0.15) is 0 Å². The Morgan fingerprint density at radius 2 is 2.18 bits per heavy atom. The zero-order valence-corrected chi connectivity index (χ0v) is 10.6. The number of rotatable bonds is 4. The molecule has 0 spiro atoms. The Bertz CT molecular complexity index is 283. The van der Waals surface area contributed by atoms with Crippen LogP contribution in [0.5, 0.6) is 0 Å². The number of hydrogen-bond acceptors (Lipinski definition) is 4. The molecule has 1 saturated heterocycles. The average molecular weight is 244 g/mol. The van der Waals surface area contributed by atoms with E-state index >= 15 is 0 Å². The Balaban J connectivity index is 2.45. The molecule has 0 aromatic heterocycles. The van der Waals surface area contributed by atoms with Crippen molar-refractivity contribution in [2.45, 2.75) is 32.9 Å². The van der Waals surface area contributed by atoms with Crippen LogP contribution in [0.15, 0.2) is 0 Å². The maximum Gasteiger partial charge on any atom is 0.510 e. The van der Waals surface area contributed by atoms with E-state index in [-0.39, 0.29) is 6.03 Å². The molecule has 0 bridgehead atoms. The van der Waals surface area contributed by atoms with Gasteiger partial charge in [-0.05, 0) is 13.3 Å². The Kier molecular flexibility index (Phi) is 5.06. The van der Waals surface area contributed by atoms with Crippen molar-refractivity contribution in [1.82, 2.24) is 9.80 Å². The first-order valence-electron chi connectivity index (χ1n) is 5.95. The molecule has 2 amide bonds. The van der Waals surface area contributed by atoms with Gasteiger partial charge >= 0.3 is 12.2 Å². The van der Waals surface area contributed by atoms with Crippen molar-refractivity contribution in [3.63, 3.8) is 0 Å². The molecule has 0 aliphatic carbocycles. The maximum absolute atomic E-state index is 11.8. The molecule has 1 aliphatic rings. The molecule has 0 radical (unpaired) electrons. The first kappa shape index (κ1) is 13.6. The second-order valence-electron chi connectivity index (χ2n) is 3.93. The molecule has 1 fully saturated rings. The zero-order valence-electron chi connectivity index (χ0n) is 10.6. The first-order valence-corrected chi connectivity index (χ1v) is 5.95. The summed E-state index contributed by atoms with van der Waals surface area (Å²) in [5.74, 6) is 0. The second-order valence-corrected chi connectivity index (χ2v) is 3.93. The lowest BCUT2D eigenvalue weighted by molar-refractivity contribution is -0.0468. The van der Waals surface area contributed by atoms with Gasteiger partial charge in [-0.25, -0.2) is 9.59 Å². The van der Waals surface area contributed by atoms with E-state index in [0.29, 0.717) is 26.1 Å². The number of hydrogen-bond donors (Lipinski definition) is 0. The van der Waals surface area contributed by atoms with E-state index in [1.807, 2.05) is 13.8 Å². The minimum absolute atomic E-state index is 0.118. The van der Waals surface area contributed by atoms with Gasteiger partial charge in [0.2, 0.25) is 0 Å². The minimum Gasteiger partial charge on any atom is -0.434 e. The van der Waals surface area contributed by atoms with Gasteiger partial charge in [-0.2, -0.15) is 0 Å². The van der Waals surface area contributed by atoms with E-state index in [9.17, 15) is 9.59 Å². The lowest BCUT2D eigenvalue weighted by atomic mass is 10.2. The molecule has 17 heavy (non-hydrogen) atoms. The van der Waals surface area contributed by atoms with Crippen LogP contribution < -0.4 is 0 Å². The highest BCUT2D eigenvalue weighted by molar-refractivity contribution is 5.75. The summed E-state index contributed by atoms with van der Waals surface area (Å²) in [6, 6.07) is -0.118. The number of amides is 2. The molecule has 0 aromatic carbocycles. The molecule has 1 heterocycles. The standard InChI is InChI=1S/C11H20N2O4/c1-4-8-16-11(15)17-9-6-7-13(5-2)10(14)12(9)3/h9H,4-8H2,1-3H3. The topological polar surface area (TPSA) is 59.1 Å². The van der Waals surface area contributed by atoms with Crippen molar-refractivity contribution < 1.29 is 19.1 Å². The number of carbonyl (C=O) groups excluding carboxylic acids is 2. The largest absolute Gasteiger partial charge is 0.510 e. The molecule has 0 N–H and O–H groups in total. The molecule has 1 rings (SSSR count). The summed E-state index contributed by atoms with van der Waals surface area (Å²) >= 11 is 0. The predicted molar refractivity (Wildman–Crippen MR) is 61.5 cm³/mol. The smallest absolute Gasteiger partial charge is 0.434 e. The third kappa shape index (κ3) is 3.51. The maximum atomic E-state index is 11.8. The molecule has 0 aromatic rings. The van der Waals surface area contributed by atoms with Gasteiger partial charge in [0.05, 0.1) is 6.61 Å². The number of ether oxygens (including phenoxy) is 2. The molecule has 1 atom stereocenters. The molecule has 1 aliphatic heterocycles. The van der Waals surface area contributed by atoms with Crippen LogP contribution >= 0.6 is 0 Å². The molecular weight excluding hydrogens is 224 g/mol. The summed E-state index contributed by atoms with van der Waals surface area (Å²) in [5.41, 5.74) is 0. The number of carbonyl (C=O) groups is 2. The van der Waals surface area contributed by atoms with Crippen molar-refractivity contribution in [1.29, 1.82) is 0 Å². The van der Waals surface area contributed by atoms with Crippen molar-refractivity contribution >= 4 is 12.2 Å². The summed E-state index contributed by atoms with van der Waals surface area (Å²) < 4.78 is 9.90. The van der Waals surface area contributed by atoms with E-state index in [4.69, 9.17) is 9.47 Å². The van der Waals surface area contributed by atoms with Crippen molar-refractivity contribution in [3.05, 3.63) is 0 Å². The van der Waals surface area contributed by atoms with Crippen LogP contribution in [-0.2, 0) is 9.47 Å². The van der Waals surface area contributed by atoms with Crippen molar-refractivity contribution in [2.75, 3.05) is 26.7 Å². The van der Waals surface area contributed by atoms with Crippen LogP contribution in [0.2, 0.25) is 0 Å². The normalized spacial score (nSPS) is 20.4. The predicted octanol–water partition coefficient (Wildman–Crippen LogP) is 1.65. The molecule has 98 valence electrons. The quantitative estimate of drug-likeness (QED) is 0.705. The van der Waals surface area contributed by atoms with Crippen LogP contribution in [0.25, 0.3) is 0 Å². The number of urea groups is 1. The Labute approximate surface area is 101 Å². The number of nitrogens with zero attached hydrogens (tertiary/aromatic N) is 2. The van der Waals surface area contributed by atoms with E-state index < -0.39 is 12.4 Å². The zero-order chi connectivity index (χ0) is 12.8. The van der Waals surface area contributed by atoms with E-state index in [2.05, 4.69) is 0 Å². The van der Waals surface area contributed by atoms with Gasteiger partial charge in [0, 0.05) is 26.6 Å². The van der Waals surface area contributed by atoms with E-state index in [1.165, 1.54) is 4.90 Å². The van der Waals surface area contributed by atoms with Gasteiger partial charge in [0.15, 0.2) is 6.23 Å². The SMILES string of the molecule is CCCOC(=O)OC1CCN(CC)C(=O)N1C. The van der Waals surface area contributed by atoms with Crippen molar-refractivity contribution in [3.8, 4) is 0 Å². The minimum atomic E-state index is -0.707. The van der Waals surface area contributed by atoms with Gasteiger partial charge < -0.3 is 14.4 Å². The highest BCUT2D eigenvalue weighted by atomic mass is 16.7. The first-order chi connectivity index (χ1) is 8.10. The van der Waals surface area contributed by atoms with Gasteiger partial charge in [0.25, 0.3) is 0 Å². The summed E-state index contributed by atoms with van der Waals surface area (Å²) in [4.78, 5) is 26.2. The Morgan fingerprint density at radius 3 is 2.76 bits per heavy atom. The third-order valence-electron chi connectivity index (χ3n) is 2.69. The van der Waals surface area contributed by atoms with Crippen LogP contribution in [-0.4, -0.2) is 55.0 Å². The Hall–Kier alpha value is -1.46. The summed E-state index contributed by atoms with van der Waals surface area (Å²) in [6.45, 7) is 5.43. The lowest BCUT2D eigenvalue weighted by Crippen LogP contribution is -2.53.